The largest absolute Gasteiger partial charge is 0.462 e. The summed E-state index contributed by atoms with van der Waals surface area (Å²) in [6.07, 6.45) is 57.7. The summed E-state index contributed by atoms with van der Waals surface area (Å²) < 4.78 is 5.93. The summed E-state index contributed by atoms with van der Waals surface area (Å²) in [6.45, 7) is 6.46. The molecule has 0 aromatic carbocycles. The zero-order chi connectivity index (χ0) is 44.5. The van der Waals surface area contributed by atoms with Crippen LogP contribution in [-0.2, 0) is 14.3 Å². The molecule has 1 amide bonds. The fourth-order valence-corrected chi connectivity index (χ4v) is 8.14. The number of amides is 1. The highest BCUT2D eigenvalue weighted by atomic mass is 16.5. The van der Waals surface area contributed by atoms with Gasteiger partial charge in [-0.15, -0.1) is 0 Å². The third-order valence-electron chi connectivity index (χ3n) is 12.2. The van der Waals surface area contributed by atoms with E-state index in [4.69, 9.17) is 4.74 Å². The van der Waals surface area contributed by atoms with E-state index in [2.05, 4.69) is 62.5 Å². The Bertz CT molecular complexity index is 1010. The first-order chi connectivity index (χ1) is 30.0. The number of hydrogen-bond donors (Lipinski definition) is 3. The number of hydrogen-bond acceptors (Lipinski definition) is 5. The van der Waals surface area contributed by atoms with Crippen LogP contribution in [0.3, 0.4) is 0 Å². The van der Waals surface area contributed by atoms with Crippen molar-refractivity contribution < 1.29 is 24.5 Å². The summed E-state index contributed by atoms with van der Waals surface area (Å²) in [6, 6.07) is -0.700. The van der Waals surface area contributed by atoms with Gasteiger partial charge in [0.2, 0.25) is 5.91 Å². The summed E-state index contributed by atoms with van der Waals surface area (Å²) >= 11 is 0. The van der Waals surface area contributed by atoms with Gasteiger partial charge in [-0.05, 0) is 64.2 Å². The molecule has 0 aromatic heterocycles. The maximum atomic E-state index is 13.2. The number of rotatable bonds is 48. The number of nitrogens with one attached hydrogen (secondary N) is 1. The number of aliphatic hydroxyl groups is 2. The van der Waals surface area contributed by atoms with Crippen LogP contribution in [0.2, 0.25) is 0 Å². The predicted octanol–water partition coefficient (Wildman–Crippen LogP) is 16.1. The summed E-state index contributed by atoms with van der Waals surface area (Å²) in [5, 5.41) is 23.8. The van der Waals surface area contributed by atoms with Crippen LogP contribution in [0.25, 0.3) is 0 Å². The number of unbranched alkanes of at least 4 members (excludes halogenated alkanes) is 30. The van der Waals surface area contributed by atoms with Gasteiger partial charge < -0.3 is 20.3 Å². The second-order valence-corrected chi connectivity index (χ2v) is 18.3. The molecule has 0 bridgehead atoms. The molecule has 61 heavy (non-hydrogen) atoms. The molecule has 0 aliphatic heterocycles. The maximum Gasteiger partial charge on any atom is 0.306 e. The Morgan fingerprint density at radius 2 is 0.836 bits per heavy atom. The average molecular weight is 858 g/mol. The summed E-state index contributed by atoms with van der Waals surface area (Å²) in [7, 11) is 0. The Balaban J connectivity index is 4.47. The van der Waals surface area contributed by atoms with Crippen molar-refractivity contribution in [1.29, 1.82) is 0 Å². The second kappa shape index (κ2) is 49.1. The Hall–Kier alpha value is -1.92. The fourth-order valence-electron chi connectivity index (χ4n) is 8.14. The van der Waals surface area contributed by atoms with Crippen LogP contribution in [-0.4, -0.2) is 46.9 Å². The molecule has 6 heteroatoms. The van der Waals surface area contributed by atoms with E-state index in [-0.39, 0.29) is 24.9 Å². The zero-order valence-corrected chi connectivity index (χ0v) is 40.8. The molecular formula is C55H103NO5. The van der Waals surface area contributed by atoms with Crippen LogP contribution in [0.15, 0.2) is 36.5 Å². The van der Waals surface area contributed by atoms with Gasteiger partial charge in [-0.1, -0.05) is 237 Å². The van der Waals surface area contributed by atoms with E-state index in [1.54, 1.807) is 0 Å². The molecule has 0 saturated heterocycles. The minimum atomic E-state index is -0.786. The van der Waals surface area contributed by atoms with Crippen molar-refractivity contribution in [2.45, 2.75) is 296 Å². The lowest BCUT2D eigenvalue weighted by molar-refractivity contribution is -0.151. The number of esters is 1. The molecule has 0 fully saturated rings. The zero-order valence-electron chi connectivity index (χ0n) is 40.8. The molecule has 0 saturated carbocycles. The van der Waals surface area contributed by atoms with Crippen LogP contribution in [0.5, 0.6) is 0 Å². The van der Waals surface area contributed by atoms with Gasteiger partial charge >= 0.3 is 5.97 Å². The van der Waals surface area contributed by atoms with Gasteiger partial charge in [-0.2, -0.15) is 0 Å². The van der Waals surface area contributed by atoms with Gasteiger partial charge in [0.15, 0.2) is 0 Å². The van der Waals surface area contributed by atoms with Crippen molar-refractivity contribution >= 4 is 11.9 Å². The molecule has 0 aliphatic rings. The van der Waals surface area contributed by atoms with Crippen LogP contribution in [0, 0.1) is 0 Å². The standard InChI is InChI=1S/C55H103NO5/c1-4-7-10-13-16-19-22-24-25-26-27-28-29-31-33-36-39-42-45-48-55(60)61-51(46-43-40-37-34-21-18-15-12-9-6-3)49-54(59)56-52(50-57)53(58)47-44-41-38-35-32-30-23-20-17-14-11-8-5-2/h16,19,24-25,27-28,51-53,57-58H,4-15,17-18,20-23,26,29-50H2,1-3H3,(H,56,59)/b19-16-,25-24-,28-27-. The lowest BCUT2D eigenvalue weighted by Crippen LogP contribution is -2.46. The lowest BCUT2D eigenvalue weighted by atomic mass is 10.0. The van der Waals surface area contributed by atoms with E-state index < -0.39 is 18.2 Å². The number of ether oxygens (including phenoxy) is 1. The lowest BCUT2D eigenvalue weighted by Gasteiger charge is -2.24. The number of aliphatic hydroxyl groups excluding tert-OH is 2. The van der Waals surface area contributed by atoms with Crippen LogP contribution >= 0.6 is 0 Å². The number of carbonyl (C=O) groups is 2. The maximum absolute atomic E-state index is 13.2. The first-order valence-electron chi connectivity index (χ1n) is 26.7. The molecule has 3 atom stereocenters. The Morgan fingerprint density at radius 3 is 1.30 bits per heavy atom. The van der Waals surface area contributed by atoms with Crippen molar-refractivity contribution in [3.05, 3.63) is 36.5 Å². The van der Waals surface area contributed by atoms with Crippen molar-refractivity contribution in [2.75, 3.05) is 6.61 Å². The van der Waals surface area contributed by atoms with Gasteiger partial charge in [0, 0.05) is 6.42 Å². The topological polar surface area (TPSA) is 95.9 Å². The molecule has 0 spiro atoms. The molecule has 0 aromatic rings. The van der Waals surface area contributed by atoms with E-state index in [1.807, 2.05) is 0 Å². The monoisotopic (exact) mass is 858 g/mol. The van der Waals surface area contributed by atoms with E-state index in [9.17, 15) is 19.8 Å². The van der Waals surface area contributed by atoms with E-state index in [0.29, 0.717) is 19.3 Å². The van der Waals surface area contributed by atoms with Crippen LogP contribution in [0.1, 0.15) is 278 Å². The molecule has 0 rings (SSSR count). The Morgan fingerprint density at radius 1 is 0.475 bits per heavy atom. The van der Waals surface area contributed by atoms with E-state index in [0.717, 1.165) is 64.2 Å². The first-order valence-corrected chi connectivity index (χ1v) is 26.7. The first kappa shape index (κ1) is 59.1. The fraction of sp³-hybridized carbons (Fsp3) is 0.855. The molecule has 0 radical (unpaired) electrons. The van der Waals surface area contributed by atoms with Gasteiger partial charge in [-0.25, -0.2) is 0 Å². The molecule has 3 unspecified atom stereocenters. The third kappa shape index (κ3) is 44.5. The Kier molecular flexibility index (Phi) is 47.6. The van der Waals surface area contributed by atoms with E-state index >= 15 is 0 Å². The van der Waals surface area contributed by atoms with Crippen molar-refractivity contribution in [1.82, 2.24) is 5.32 Å². The second-order valence-electron chi connectivity index (χ2n) is 18.3. The Labute approximate surface area is 379 Å². The molecule has 358 valence electrons. The molecule has 6 nitrogen and oxygen atoms in total. The van der Waals surface area contributed by atoms with Crippen molar-refractivity contribution in [3.63, 3.8) is 0 Å². The summed E-state index contributed by atoms with van der Waals surface area (Å²) in [5.74, 6) is -0.478. The quantitative estimate of drug-likeness (QED) is 0.0322. The summed E-state index contributed by atoms with van der Waals surface area (Å²) in [5.41, 5.74) is 0. The summed E-state index contributed by atoms with van der Waals surface area (Å²) in [4.78, 5) is 26.1. The highest BCUT2D eigenvalue weighted by Gasteiger charge is 2.24. The van der Waals surface area contributed by atoms with Crippen LogP contribution < -0.4 is 5.32 Å². The van der Waals surface area contributed by atoms with Crippen molar-refractivity contribution in [2.24, 2.45) is 0 Å². The molecule has 0 heterocycles. The molecule has 0 aliphatic carbocycles. The van der Waals surface area contributed by atoms with Gasteiger partial charge in [0.1, 0.15) is 6.10 Å². The number of carbonyl (C=O) groups excluding carboxylic acids is 2. The normalized spacial score (nSPS) is 13.5. The van der Waals surface area contributed by atoms with Gasteiger partial charge in [0.25, 0.3) is 0 Å². The highest BCUT2D eigenvalue weighted by Crippen LogP contribution is 2.18. The predicted molar refractivity (Wildman–Crippen MR) is 264 cm³/mol. The smallest absolute Gasteiger partial charge is 0.306 e. The van der Waals surface area contributed by atoms with Crippen LogP contribution in [0.4, 0.5) is 0 Å². The minimum absolute atomic E-state index is 0.0758. The SMILES string of the molecule is CCCCC/C=C\C/C=C\C/C=C\CCCCCCCCC(=O)OC(CCCCCCCCCCCC)CC(=O)NC(CO)C(O)CCCCCCCCCCCCCCC. The molecular weight excluding hydrogens is 755 g/mol. The average Bonchev–Trinajstić information content (AvgIpc) is 3.25. The van der Waals surface area contributed by atoms with Gasteiger partial charge in [-0.3, -0.25) is 9.59 Å². The molecule has 3 N–H and O–H groups in total. The van der Waals surface area contributed by atoms with Crippen molar-refractivity contribution in [3.8, 4) is 0 Å². The number of allylic oxidation sites excluding steroid dienone is 6. The minimum Gasteiger partial charge on any atom is -0.462 e. The third-order valence-corrected chi connectivity index (χ3v) is 12.2. The van der Waals surface area contributed by atoms with Gasteiger partial charge in [0.05, 0.1) is 25.2 Å². The van der Waals surface area contributed by atoms with E-state index in [1.165, 1.54) is 167 Å². The highest BCUT2D eigenvalue weighted by molar-refractivity contribution is 5.77.